The molecule has 0 amide bonds. The molecule has 3 nitrogen and oxygen atoms in total. The SMILES string of the molecule is CCOc1ccc(NCc2ccccc2COC)cc1Cl. The van der Waals surface area contributed by atoms with Crippen molar-refractivity contribution in [3.63, 3.8) is 0 Å². The first kappa shape index (κ1) is 15.7. The lowest BCUT2D eigenvalue weighted by atomic mass is 10.1. The highest BCUT2D eigenvalue weighted by Gasteiger charge is 2.04. The van der Waals surface area contributed by atoms with Crippen LogP contribution in [-0.2, 0) is 17.9 Å². The molecule has 0 heterocycles. The van der Waals surface area contributed by atoms with Gasteiger partial charge in [-0.2, -0.15) is 0 Å². The Kier molecular flexibility index (Phi) is 5.90. The second-order valence-corrected chi connectivity index (χ2v) is 5.04. The fourth-order valence-corrected chi connectivity index (χ4v) is 2.34. The summed E-state index contributed by atoms with van der Waals surface area (Å²) in [5.41, 5.74) is 3.37. The summed E-state index contributed by atoms with van der Waals surface area (Å²) in [6.45, 7) is 3.89. The van der Waals surface area contributed by atoms with Crippen LogP contribution in [0.3, 0.4) is 0 Å². The Balaban J connectivity index is 2.04. The van der Waals surface area contributed by atoms with Crippen LogP contribution in [0.1, 0.15) is 18.1 Å². The number of hydrogen-bond acceptors (Lipinski definition) is 3. The number of hydrogen-bond donors (Lipinski definition) is 1. The molecule has 0 bridgehead atoms. The molecule has 0 atom stereocenters. The van der Waals surface area contributed by atoms with Crippen molar-refractivity contribution in [2.45, 2.75) is 20.1 Å². The van der Waals surface area contributed by atoms with E-state index in [1.165, 1.54) is 11.1 Å². The molecule has 0 aliphatic heterocycles. The number of benzene rings is 2. The van der Waals surface area contributed by atoms with E-state index in [1.54, 1.807) is 7.11 Å². The van der Waals surface area contributed by atoms with E-state index in [0.717, 1.165) is 12.2 Å². The van der Waals surface area contributed by atoms with Gasteiger partial charge in [0.25, 0.3) is 0 Å². The maximum Gasteiger partial charge on any atom is 0.138 e. The summed E-state index contributed by atoms with van der Waals surface area (Å²) in [5, 5.41) is 3.99. The first-order valence-corrected chi connectivity index (χ1v) is 7.34. The van der Waals surface area contributed by atoms with Gasteiger partial charge in [-0.05, 0) is 36.2 Å². The van der Waals surface area contributed by atoms with Crippen LogP contribution in [0.25, 0.3) is 0 Å². The fourth-order valence-electron chi connectivity index (χ4n) is 2.11. The highest BCUT2D eigenvalue weighted by atomic mass is 35.5. The average molecular weight is 306 g/mol. The zero-order valence-electron chi connectivity index (χ0n) is 12.4. The minimum absolute atomic E-state index is 0.608. The maximum absolute atomic E-state index is 6.19. The molecular formula is C17H20ClNO2. The maximum atomic E-state index is 6.19. The third-order valence-corrected chi connectivity index (χ3v) is 3.43. The lowest BCUT2D eigenvalue weighted by Gasteiger charge is -2.12. The van der Waals surface area contributed by atoms with E-state index >= 15 is 0 Å². The minimum atomic E-state index is 0.608. The van der Waals surface area contributed by atoms with Crippen molar-refractivity contribution < 1.29 is 9.47 Å². The molecular weight excluding hydrogens is 286 g/mol. The molecule has 0 spiro atoms. The molecule has 2 aromatic rings. The van der Waals surface area contributed by atoms with Crippen molar-refractivity contribution in [2.75, 3.05) is 19.0 Å². The van der Waals surface area contributed by atoms with Crippen molar-refractivity contribution in [3.05, 3.63) is 58.6 Å². The second-order valence-electron chi connectivity index (χ2n) is 4.63. The zero-order valence-corrected chi connectivity index (χ0v) is 13.1. The molecule has 2 rings (SSSR count). The van der Waals surface area contributed by atoms with Crippen molar-refractivity contribution >= 4 is 17.3 Å². The van der Waals surface area contributed by atoms with Gasteiger partial charge in [0.05, 0.1) is 18.2 Å². The van der Waals surface area contributed by atoms with Gasteiger partial charge in [-0.1, -0.05) is 35.9 Å². The van der Waals surface area contributed by atoms with E-state index in [2.05, 4.69) is 17.4 Å². The molecule has 0 saturated carbocycles. The summed E-state index contributed by atoms with van der Waals surface area (Å²) in [6, 6.07) is 14.0. The third-order valence-electron chi connectivity index (χ3n) is 3.13. The molecule has 0 fully saturated rings. The Morgan fingerprint density at radius 2 is 1.86 bits per heavy atom. The van der Waals surface area contributed by atoms with Crippen LogP contribution in [0.2, 0.25) is 5.02 Å². The minimum Gasteiger partial charge on any atom is -0.492 e. The van der Waals surface area contributed by atoms with Gasteiger partial charge in [-0.3, -0.25) is 0 Å². The van der Waals surface area contributed by atoms with E-state index in [4.69, 9.17) is 21.1 Å². The van der Waals surface area contributed by atoms with Crippen LogP contribution >= 0.6 is 11.6 Å². The van der Waals surface area contributed by atoms with Crippen molar-refractivity contribution in [1.82, 2.24) is 0 Å². The Morgan fingerprint density at radius 1 is 1.10 bits per heavy atom. The van der Waals surface area contributed by atoms with Gasteiger partial charge in [0.15, 0.2) is 0 Å². The van der Waals surface area contributed by atoms with Crippen LogP contribution < -0.4 is 10.1 Å². The summed E-state index contributed by atoms with van der Waals surface area (Å²) in [4.78, 5) is 0. The van der Waals surface area contributed by atoms with Gasteiger partial charge in [0, 0.05) is 19.3 Å². The Labute approximate surface area is 130 Å². The van der Waals surface area contributed by atoms with E-state index in [0.29, 0.717) is 24.0 Å². The number of methoxy groups -OCH3 is 1. The Bertz CT molecular complexity index is 587. The summed E-state index contributed by atoms with van der Waals surface area (Å²) < 4.78 is 10.6. The molecule has 21 heavy (non-hydrogen) atoms. The topological polar surface area (TPSA) is 30.5 Å². The molecule has 0 aliphatic carbocycles. The van der Waals surface area contributed by atoms with Crippen molar-refractivity contribution in [1.29, 1.82) is 0 Å². The molecule has 0 saturated heterocycles. The fraction of sp³-hybridized carbons (Fsp3) is 0.294. The number of nitrogens with one attached hydrogen (secondary N) is 1. The normalized spacial score (nSPS) is 10.4. The Morgan fingerprint density at radius 3 is 2.52 bits per heavy atom. The quantitative estimate of drug-likeness (QED) is 0.817. The predicted molar refractivity (Wildman–Crippen MR) is 87.1 cm³/mol. The third kappa shape index (κ3) is 4.38. The highest BCUT2D eigenvalue weighted by Crippen LogP contribution is 2.28. The number of anilines is 1. The van der Waals surface area contributed by atoms with Crippen LogP contribution in [0.4, 0.5) is 5.69 Å². The van der Waals surface area contributed by atoms with Crippen molar-refractivity contribution in [3.8, 4) is 5.75 Å². The smallest absolute Gasteiger partial charge is 0.138 e. The first-order valence-electron chi connectivity index (χ1n) is 6.96. The second kappa shape index (κ2) is 7.91. The van der Waals surface area contributed by atoms with Crippen LogP contribution in [0.15, 0.2) is 42.5 Å². The van der Waals surface area contributed by atoms with Crippen LogP contribution in [0.5, 0.6) is 5.75 Å². The van der Waals surface area contributed by atoms with Crippen LogP contribution in [0, 0.1) is 0 Å². The summed E-state index contributed by atoms with van der Waals surface area (Å²) in [5.74, 6) is 0.712. The molecule has 0 radical (unpaired) electrons. The van der Waals surface area contributed by atoms with Gasteiger partial charge in [-0.25, -0.2) is 0 Å². The molecule has 0 aliphatic rings. The van der Waals surface area contributed by atoms with E-state index in [9.17, 15) is 0 Å². The predicted octanol–water partition coefficient (Wildman–Crippen LogP) is 4.50. The van der Waals surface area contributed by atoms with E-state index < -0.39 is 0 Å². The summed E-state index contributed by atoms with van der Waals surface area (Å²) in [7, 11) is 1.70. The molecule has 112 valence electrons. The molecule has 0 aromatic heterocycles. The Hall–Kier alpha value is -1.71. The van der Waals surface area contributed by atoms with E-state index in [1.807, 2.05) is 37.3 Å². The summed E-state index contributed by atoms with van der Waals surface area (Å²) in [6.07, 6.45) is 0. The van der Waals surface area contributed by atoms with Gasteiger partial charge in [-0.15, -0.1) is 0 Å². The van der Waals surface area contributed by atoms with Gasteiger partial charge in [0.2, 0.25) is 0 Å². The van der Waals surface area contributed by atoms with Crippen molar-refractivity contribution in [2.24, 2.45) is 0 Å². The highest BCUT2D eigenvalue weighted by molar-refractivity contribution is 6.32. The zero-order chi connectivity index (χ0) is 15.1. The first-order chi connectivity index (χ1) is 10.2. The largest absolute Gasteiger partial charge is 0.492 e. The lowest BCUT2D eigenvalue weighted by Crippen LogP contribution is -2.04. The average Bonchev–Trinajstić information content (AvgIpc) is 2.49. The number of halogens is 1. The number of ether oxygens (including phenoxy) is 2. The molecule has 0 unspecified atom stereocenters. The van der Waals surface area contributed by atoms with Gasteiger partial charge >= 0.3 is 0 Å². The van der Waals surface area contributed by atoms with Crippen LogP contribution in [-0.4, -0.2) is 13.7 Å². The monoisotopic (exact) mass is 305 g/mol. The molecule has 1 N–H and O–H groups in total. The van der Waals surface area contributed by atoms with Gasteiger partial charge < -0.3 is 14.8 Å². The lowest BCUT2D eigenvalue weighted by molar-refractivity contribution is 0.184. The number of rotatable bonds is 7. The van der Waals surface area contributed by atoms with Gasteiger partial charge in [0.1, 0.15) is 5.75 Å². The molecule has 2 aromatic carbocycles. The summed E-state index contributed by atoms with van der Waals surface area (Å²) >= 11 is 6.19. The molecule has 4 heteroatoms. The van der Waals surface area contributed by atoms with E-state index in [-0.39, 0.29) is 0 Å². The standard InChI is InChI=1S/C17H20ClNO2/c1-3-21-17-9-8-15(10-16(17)18)19-11-13-6-4-5-7-14(13)12-20-2/h4-10,19H,3,11-12H2,1-2H3.